The van der Waals surface area contributed by atoms with Crippen molar-refractivity contribution in [3.8, 4) is 0 Å². The van der Waals surface area contributed by atoms with Crippen LogP contribution in [0.4, 0.5) is 0 Å². The van der Waals surface area contributed by atoms with Crippen LogP contribution in [-0.2, 0) is 0 Å². The first kappa shape index (κ1) is 14.0. The van der Waals surface area contributed by atoms with Gasteiger partial charge in [0.05, 0.1) is 0 Å². The Kier molecular flexibility index (Phi) is 4.94. The lowest BCUT2D eigenvalue weighted by Crippen LogP contribution is -2.36. The maximum atomic E-state index is 12.1. The van der Waals surface area contributed by atoms with Crippen LogP contribution in [0.25, 0.3) is 0 Å². The summed E-state index contributed by atoms with van der Waals surface area (Å²) in [5, 5.41) is 0.535. The Balaban J connectivity index is 2.76. The third kappa shape index (κ3) is 4.00. The minimum absolute atomic E-state index is 0.0827. The van der Waals surface area contributed by atoms with Crippen LogP contribution in [0.2, 0.25) is 5.02 Å². The molecular weight excluding hydrogens is 236 g/mol. The van der Waals surface area contributed by atoms with Crippen LogP contribution < -0.4 is 0 Å². The zero-order valence-corrected chi connectivity index (χ0v) is 11.5. The van der Waals surface area contributed by atoms with Crippen molar-refractivity contribution in [3.05, 3.63) is 29.0 Å². The van der Waals surface area contributed by atoms with E-state index < -0.39 is 0 Å². The highest BCUT2D eigenvalue weighted by Gasteiger charge is 2.19. The van der Waals surface area contributed by atoms with Crippen LogP contribution in [0.3, 0.4) is 0 Å². The van der Waals surface area contributed by atoms with Crippen LogP contribution in [0.1, 0.15) is 37.7 Å². The predicted octanol–water partition coefficient (Wildman–Crippen LogP) is 3.24. The van der Waals surface area contributed by atoms with E-state index in [4.69, 9.17) is 11.6 Å². The monoisotopic (exact) mass is 254 g/mol. The molecule has 0 spiro atoms. The molecule has 1 amide bonds. The van der Waals surface area contributed by atoms with Gasteiger partial charge in [0.15, 0.2) is 0 Å². The summed E-state index contributed by atoms with van der Waals surface area (Å²) in [7, 11) is 1.80. The lowest BCUT2D eigenvalue weighted by Gasteiger charge is -2.26. The number of amides is 1. The molecule has 4 heteroatoms. The molecule has 17 heavy (non-hydrogen) atoms. The minimum Gasteiger partial charge on any atom is -0.338 e. The van der Waals surface area contributed by atoms with Gasteiger partial charge in [0.1, 0.15) is 5.69 Å². The van der Waals surface area contributed by atoms with Gasteiger partial charge in [-0.3, -0.25) is 9.78 Å². The Labute approximate surface area is 108 Å². The van der Waals surface area contributed by atoms with E-state index in [0.29, 0.717) is 16.6 Å². The van der Waals surface area contributed by atoms with Crippen molar-refractivity contribution in [3.63, 3.8) is 0 Å². The summed E-state index contributed by atoms with van der Waals surface area (Å²) in [6, 6.07) is 3.46. The lowest BCUT2D eigenvalue weighted by molar-refractivity contribution is 0.0722. The van der Waals surface area contributed by atoms with E-state index >= 15 is 0 Å². The van der Waals surface area contributed by atoms with E-state index in [1.54, 1.807) is 30.3 Å². The molecule has 0 saturated carbocycles. The number of aromatic nitrogens is 1. The number of hydrogen-bond donors (Lipinski definition) is 0. The van der Waals surface area contributed by atoms with Gasteiger partial charge in [0.25, 0.3) is 5.91 Å². The molecule has 1 rings (SSSR count). The Morgan fingerprint density at radius 3 is 2.65 bits per heavy atom. The number of pyridine rings is 1. The van der Waals surface area contributed by atoms with E-state index in [-0.39, 0.29) is 11.9 Å². The zero-order chi connectivity index (χ0) is 13.0. The van der Waals surface area contributed by atoms with Gasteiger partial charge in [-0.15, -0.1) is 0 Å². The van der Waals surface area contributed by atoms with Crippen molar-refractivity contribution in [2.45, 2.75) is 33.2 Å². The van der Waals surface area contributed by atoms with Crippen molar-refractivity contribution >= 4 is 17.5 Å². The third-order valence-electron chi connectivity index (χ3n) is 2.74. The molecule has 1 aromatic heterocycles. The molecule has 0 fully saturated rings. The van der Waals surface area contributed by atoms with Crippen molar-refractivity contribution in [1.82, 2.24) is 9.88 Å². The quantitative estimate of drug-likeness (QED) is 0.827. The van der Waals surface area contributed by atoms with E-state index in [0.717, 1.165) is 6.42 Å². The standard InChI is InChI=1S/C13H19ClN2O/c1-9(2)7-10(3)16(4)13(17)12-8-11(14)5-6-15-12/h5-6,8-10H,7H2,1-4H3. The van der Waals surface area contributed by atoms with Crippen LogP contribution in [0.5, 0.6) is 0 Å². The van der Waals surface area contributed by atoms with Crippen LogP contribution in [0.15, 0.2) is 18.3 Å². The maximum Gasteiger partial charge on any atom is 0.272 e. The van der Waals surface area contributed by atoms with Gasteiger partial charge in [-0.25, -0.2) is 0 Å². The Bertz CT molecular complexity index is 393. The smallest absolute Gasteiger partial charge is 0.272 e. The molecule has 1 unspecified atom stereocenters. The van der Waals surface area contributed by atoms with Gasteiger partial charge in [-0.1, -0.05) is 25.4 Å². The minimum atomic E-state index is -0.0827. The van der Waals surface area contributed by atoms with Gasteiger partial charge >= 0.3 is 0 Å². The second-order valence-corrected chi connectivity index (χ2v) is 5.19. The molecule has 94 valence electrons. The van der Waals surface area contributed by atoms with Crippen molar-refractivity contribution in [1.29, 1.82) is 0 Å². The SMILES string of the molecule is CC(C)CC(C)N(C)C(=O)c1cc(Cl)ccn1. The van der Waals surface area contributed by atoms with Gasteiger partial charge in [-0.05, 0) is 31.4 Å². The molecule has 0 aliphatic rings. The normalized spacial score (nSPS) is 12.6. The van der Waals surface area contributed by atoms with E-state index in [2.05, 4.69) is 18.8 Å². The van der Waals surface area contributed by atoms with Crippen molar-refractivity contribution in [2.75, 3.05) is 7.05 Å². The van der Waals surface area contributed by atoms with E-state index in [9.17, 15) is 4.79 Å². The molecule has 3 nitrogen and oxygen atoms in total. The van der Waals surface area contributed by atoms with Crippen LogP contribution in [-0.4, -0.2) is 28.9 Å². The number of nitrogens with zero attached hydrogens (tertiary/aromatic N) is 2. The molecule has 0 bridgehead atoms. The molecule has 1 atom stereocenters. The van der Waals surface area contributed by atoms with Crippen LogP contribution in [0, 0.1) is 5.92 Å². The summed E-state index contributed by atoms with van der Waals surface area (Å²) in [4.78, 5) is 17.9. The largest absolute Gasteiger partial charge is 0.338 e. The first-order valence-corrected chi connectivity index (χ1v) is 6.18. The predicted molar refractivity (Wildman–Crippen MR) is 70.3 cm³/mol. The summed E-state index contributed by atoms with van der Waals surface area (Å²) < 4.78 is 0. The second kappa shape index (κ2) is 6.01. The first-order chi connectivity index (χ1) is 7.91. The summed E-state index contributed by atoms with van der Waals surface area (Å²) in [6.07, 6.45) is 2.53. The Morgan fingerprint density at radius 2 is 2.12 bits per heavy atom. The topological polar surface area (TPSA) is 33.2 Å². The van der Waals surface area contributed by atoms with Crippen molar-refractivity contribution in [2.24, 2.45) is 5.92 Å². The summed E-state index contributed by atoms with van der Waals surface area (Å²) >= 11 is 5.85. The number of halogens is 1. The molecule has 0 aromatic carbocycles. The molecule has 0 radical (unpaired) electrons. The fraction of sp³-hybridized carbons (Fsp3) is 0.538. The highest BCUT2D eigenvalue weighted by Crippen LogP contribution is 2.14. The zero-order valence-electron chi connectivity index (χ0n) is 10.8. The molecular formula is C13H19ClN2O. The molecule has 0 aliphatic heterocycles. The lowest BCUT2D eigenvalue weighted by atomic mass is 10.0. The highest BCUT2D eigenvalue weighted by atomic mass is 35.5. The first-order valence-electron chi connectivity index (χ1n) is 5.80. The third-order valence-corrected chi connectivity index (χ3v) is 2.97. The fourth-order valence-corrected chi connectivity index (χ4v) is 1.90. The molecule has 1 aromatic rings. The number of hydrogen-bond acceptors (Lipinski definition) is 2. The van der Waals surface area contributed by atoms with Gasteiger partial charge in [-0.2, -0.15) is 0 Å². The molecule has 0 N–H and O–H groups in total. The van der Waals surface area contributed by atoms with Crippen LogP contribution >= 0.6 is 11.6 Å². The molecule has 0 aliphatic carbocycles. The average Bonchev–Trinajstić information content (AvgIpc) is 2.26. The summed E-state index contributed by atoms with van der Waals surface area (Å²) in [6.45, 7) is 6.33. The molecule has 1 heterocycles. The Hall–Kier alpha value is -1.09. The van der Waals surface area contributed by atoms with Gasteiger partial charge < -0.3 is 4.90 Å². The summed E-state index contributed by atoms with van der Waals surface area (Å²) in [5.41, 5.74) is 0.399. The fourth-order valence-electron chi connectivity index (χ4n) is 1.74. The molecule has 0 saturated heterocycles. The van der Waals surface area contributed by atoms with Gasteiger partial charge in [0, 0.05) is 24.3 Å². The maximum absolute atomic E-state index is 12.1. The average molecular weight is 255 g/mol. The summed E-state index contributed by atoms with van der Waals surface area (Å²) in [5.74, 6) is 0.480. The number of carbonyl (C=O) groups excluding carboxylic acids is 1. The second-order valence-electron chi connectivity index (χ2n) is 4.75. The number of carbonyl (C=O) groups is 1. The highest BCUT2D eigenvalue weighted by molar-refractivity contribution is 6.30. The van der Waals surface area contributed by atoms with E-state index in [1.807, 2.05) is 6.92 Å². The Morgan fingerprint density at radius 1 is 1.47 bits per heavy atom. The van der Waals surface area contributed by atoms with Crippen molar-refractivity contribution < 1.29 is 4.79 Å². The number of rotatable bonds is 4. The van der Waals surface area contributed by atoms with E-state index in [1.165, 1.54) is 0 Å². The van der Waals surface area contributed by atoms with Gasteiger partial charge in [0.2, 0.25) is 0 Å².